The van der Waals surface area contributed by atoms with Gasteiger partial charge in [-0.2, -0.15) is 0 Å². The highest BCUT2D eigenvalue weighted by atomic mass is 32.1. The summed E-state index contributed by atoms with van der Waals surface area (Å²) in [6.07, 6.45) is 0. The van der Waals surface area contributed by atoms with E-state index >= 15 is 0 Å². The first-order chi connectivity index (χ1) is 8.52. The highest BCUT2D eigenvalue weighted by Crippen LogP contribution is 2.23. The molecular weight excluding hydrogens is 246 g/mol. The first-order valence-electron chi connectivity index (χ1n) is 6.12. The van der Waals surface area contributed by atoms with Crippen molar-refractivity contribution in [1.29, 1.82) is 0 Å². The molecule has 0 spiro atoms. The molecule has 3 nitrogen and oxygen atoms in total. The van der Waals surface area contributed by atoms with Gasteiger partial charge in [-0.05, 0) is 24.5 Å². The smallest absolute Gasteiger partial charge is 0.132 e. The Morgan fingerprint density at radius 2 is 2.06 bits per heavy atom. The maximum atomic E-state index is 5.72. The summed E-state index contributed by atoms with van der Waals surface area (Å²) in [6.45, 7) is 8.04. The van der Waals surface area contributed by atoms with Gasteiger partial charge in [0.2, 0.25) is 0 Å². The topological polar surface area (TPSA) is 44.5 Å². The molecule has 1 rings (SSSR count). The van der Waals surface area contributed by atoms with Crippen molar-refractivity contribution in [2.24, 2.45) is 11.7 Å². The zero-order valence-corrected chi connectivity index (χ0v) is 12.0. The highest BCUT2D eigenvalue weighted by molar-refractivity contribution is 7.80. The van der Waals surface area contributed by atoms with E-state index in [-0.39, 0.29) is 0 Å². The van der Waals surface area contributed by atoms with Crippen molar-refractivity contribution in [2.75, 3.05) is 19.8 Å². The van der Waals surface area contributed by atoms with Gasteiger partial charge in [0.25, 0.3) is 0 Å². The lowest BCUT2D eigenvalue weighted by molar-refractivity contribution is 0.0816. The molecule has 0 saturated carbocycles. The molecule has 0 saturated heterocycles. The van der Waals surface area contributed by atoms with E-state index in [0.29, 0.717) is 24.1 Å². The molecule has 0 radical (unpaired) electrons. The maximum Gasteiger partial charge on any atom is 0.132 e. The van der Waals surface area contributed by atoms with Crippen LogP contribution in [0.5, 0.6) is 5.75 Å². The maximum absolute atomic E-state index is 5.72. The minimum Gasteiger partial charge on any atom is -0.490 e. The third-order valence-electron chi connectivity index (χ3n) is 2.40. The largest absolute Gasteiger partial charge is 0.490 e. The number of benzene rings is 1. The fraction of sp³-hybridized carbons (Fsp3) is 0.500. The van der Waals surface area contributed by atoms with Crippen molar-refractivity contribution in [2.45, 2.75) is 20.8 Å². The van der Waals surface area contributed by atoms with Crippen LogP contribution in [0.3, 0.4) is 0 Å². The number of para-hydroxylation sites is 1. The van der Waals surface area contributed by atoms with Crippen LogP contribution in [0.4, 0.5) is 0 Å². The Morgan fingerprint density at radius 3 is 2.67 bits per heavy atom. The van der Waals surface area contributed by atoms with Gasteiger partial charge in [0.15, 0.2) is 0 Å². The van der Waals surface area contributed by atoms with E-state index < -0.39 is 0 Å². The molecule has 0 atom stereocenters. The van der Waals surface area contributed by atoms with E-state index in [1.807, 2.05) is 25.1 Å². The molecule has 0 aliphatic heterocycles. The van der Waals surface area contributed by atoms with Crippen molar-refractivity contribution in [3.8, 4) is 5.75 Å². The molecule has 1 aromatic rings. The predicted molar refractivity (Wildman–Crippen MR) is 78.2 cm³/mol. The lowest BCUT2D eigenvalue weighted by atomic mass is 10.1. The quantitative estimate of drug-likeness (QED) is 0.609. The van der Waals surface area contributed by atoms with Crippen LogP contribution in [-0.2, 0) is 4.74 Å². The van der Waals surface area contributed by atoms with Gasteiger partial charge in [-0.3, -0.25) is 0 Å². The van der Waals surface area contributed by atoms with Crippen molar-refractivity contribution in [3.05, 3.63) is 29.3 Å². The van der Waals surface area contributed by atoms with E-state index in [9.17, 15) is 0 Å². The normalized spacial score (nSPS) is 10.7. The monoisotopic (exact) mass is 267 g/mol. The molecule has 0 aliphatic carbocycles. The number of hydrogen-bond acceptors (Lipinski definition) is 3. The van der Waals surface area contributed by atoms with Crippen LogP contribution < -0.4 is 10.5 Å². The number of ether oxygens (including phenoxy) is 2. The predicted octanol–water partition coefficient (Wildman–Crippen LogP) is 2.68. The molecule has 18 heavy (non-hydrogen) atoms. The molecular formula is C14H21NO2S. The molecule has 0 bridgehead atoms. The standard InChI is InChI=1S/C14H21NO2S/c1-10(2)9-16-7-8-17-13-11(3)5-4-6-12(13)14(15)18/h4-6,10H,7-9H2,1-3H3,(H2,15,18). The molecule has 0 aromatic heterocycles. The Bertz CT molecular complexity index is 405. The average Bonchev–Trinajstić information content (AvgIpc) is 2.29. The zero-order valence-electron chi connectivity index (χ0n) is 11.2. The lowest BCUT2D eigenvalue weighted by Gasteiger charge is -2.14. The number of rotatable bonds is 7. The average molecular weight is 267 g/mol. The summed E-state index contributed by atoms with van der Waals surface area (Å²) in [6, 6.07) is 5.78. The Morgan fingerprint density at radius 1 is 1.33 bits per heavy atom. The summed E-state index contributed by atoms with van der Waals surface area (Å²) in [5.74, 6) is 1.30. The molecule has 100 valence electrons. The number of aryl methyl sites for hydroxylation is 1. The molecule has 1 aromatic carbocycles. The summed E-state index contributed by atoms with van der Waals surface area (Å²) in [7, 11) is 0. The second-order valence-electron chi connectivity index (χ2n) is 4.63. The number of nitrogens with two attached hydrogens (primary N) is 1. The first-order valence-corrected chi connectivity index (χ1v) is 6.53. The summed E-state index contributed by atoms with van der Waals surface area (Å²) >= 11 is 5.01. The van der Waals surface area contributed by atoms with Crippen LogP contribution in [0.15, 0.2) is 18.2 Å². The van der Waals surface area contributed by atoms with Crippen LogP contribution in [0.25, 0.3) is 0 Å². The first kappa shape index (κ1) is 14.9. The third-order valence-corrected chi connectivity index (χ3v) is 2.62. The SMILES string of the molecule is Cc1cccc(C(N)=S)c1OCCOCC(C)C. The molecule has 0 amide bonds. The number of hydrogen-bond donors (Lipinski definition) is 1. The Hall–Kier alpha value is -1.13. The van der Waals surface area contributed by atoms with Gasteiger partial charge in [-0.25, -0.2) is 0 Å². The second kappa shape index (κ2) is 7.34. The third kappa shape index (κ3) is 4.63. The van der Waals surface area contributed by atoms with Crippen molar-refractivity contribution in [3.63, 3.8) is 0 Å². The van der Waals surface area contributed by atoms with E-state index in [0.717, 1.165) is 23.5 Å². The van der Waals surface area contributed by atoms with Gasteiger partial charge in [0.05, 0.1) is 12.2 Å². The van der Waals surface area contributed by atoms with Crippen molar-refractivity contribution >= 4 is 17.2 Å². The van der Waals surface area contributed by atoms with Gasteiger partial charge in [0, 0.05) is 6.61 Å². The minimum absolute atomic E-state index is 0.358. The molecule has 0 heterocycles. The van der Waals surface area contributed by atoms with E-state index in [4.69, 9.17) is 27.4 Å². The summed E-state index contributed by atoms with van der Waals surface area (Å²) in [5.41, 5.74) is 7.49. The molecule has 4 heteroatoms. The van der Waals surface area contributed by atoms with E-state index in [1.165, 1.54) is 0 Å². The van der Waals surface area contributed by atoms with E-state index in [2.05, 4.69) is 13.8 Å². The Kier molecular flexibility index (Phi) is 6.09. The second-order valence-corrected chi connectivity index (χ2v) is 5.07. The summed E-state index contributed by atoms with van der Waals surface area (Å²) < 4.78 is 11.2. The molecule has 0 unspecified atom stereocenters. The van der Waals surface area contributed by atoms with Crippen molar-refractivity contribution < 1.29 is 9.47 Å². The van der Waals surface area contributed by atoms with Gasteiger partial charge in [-0.1, -0.05) is 38.2 Å². The van der Waals surface area contributed by atoms with Crippen molar-refractivity contribution in [1.82, 2.24) is 0 Å². The fourth-order valence-corrected chi connectivity index (χ4v) is 1.72. The van der Waals surface area contributed by atoms with Crippen LogP contribution in [0.2, 0.25) is 0 Å². The Balaban J connectivity index is 2.53. The Labute approximate surface area is 114 Å². The van der Waals surface area contributed by atoms with Gasteiger partial charge >= 0.3 is 0 Å². The summed E-state index contributed by atoms with van der Waals surface area (Å²) in [4.78, 5) is 0.358. The van der Waals surface area contributed by atoms with Gasteiger partial charge < -0.3 is 15.2 Å². The highest BCUT2D eigenvalue weighted by Gasteiger charge is 2.08. The van der Waals surface area contributed by atoms with E-state index in [1.54, 1.807) is 0 Å². The minimum atomic E-state index is 0.358. The van der Waals surface area contributed by atoms with Gasteiger partial charge in [-0.15, -0.1) is 0 Å². The fourth-order valence-electron chi connectivity index (χ4n) is 1.56. The molecule has 2 N–H and O–H groups in total. The van der Waals surface area contributed by atoms with Crippen LogP contribution in [0.1, 0.15) is 25.0 Å². The van der Waals surface area contributed by atoms with Crippen LogP contribution in [-0.4, -0.2) is 24.8 Å². The summed E-state index contributed by atoms with van der Waals surface area (Å²) in [5, 5.41) is 0. The number of thiocarbonyl (C=S) groups is 1. The zero-order chi connectivity index (χ0) is 13.5. The lowest BCUT2D eigenvalue weighted by Crippen LogP contribution is -2.15. The molecule has 0 fully saturated rings. The van der Waals surface area contributed by atoms with Gasteiger partial charge in [0.1, 0.15) is 17.3 Å². The van der Waals surface area contributed by atoms with Crippen LogP contribution >= 0.6 is 12.2 Å². The molecule has 0 aliphatic rings. The van der Waals surface area contributed by atoms with Crippen LogP contribution in [0, 0.1) is 12.8 Å².